The topological polar surface area (TPSA) is 0 Å². The maximum atomic E-state index is 3.94. The predicted octanol–water partition coefficient (Wildman–Crippen LogP) is 5.49. The largest absolute Gasteiger partial charge is 0.0835 e. The second kappa shape index (κ2) is 6.13. The maximum Gasteiger partial charge on any atom is 0.0429 e. The van der Waals surface area contributed by atoms with Crippen molar-refractivity contribution in [2.24, 2.45) is 5.92 Å². The summed E-state index contributed by atoms with van der Waals surface area (Å²) in [7, 11) is 0. The molecule has 1 aliphatic carbocycles. The first-order valence-corrected chi connectivity index (χ1v) is 8.49. The average Bonchev–Trinajstić information content (AvgIpc) is 2.91. The van der Waals surface area contributed by atoms with Crippen LogP contribution in [0.25, 0.3) is 0 Å². The Morgan fingerprint density at radius 3 is 2.15 bits per heavy atom. The SMILES string of the molecule is CCCc1ccc(C(Br)C2Cc3ccccc3C2)cc1. The van der Waals surface area contributed by atoms with Crippen LogP contribution in [0, 0.1) is 5.92 Å². The van der Waals surface area contributed by atoms with Crippen LogP contribution in [0.1, 0.15) is 40.4 Å². The van der Waals surface area contributed by atoms with Crippen LogP contribution in [0.5, 0.6) is 0 Å². The van der Waals surface area contributed by atoms with Crippen molar-refractivity contribution in [2.45, 2.75) is 37.4 Å². The van der Waals surface area contributed by atoms with Gasteiger partial charge in [0.05, 0.1) is 0 Å². The van der Waals surface area contributed by atoms with Crippen LogP contribution in [-0.2, 0) is 19.3 Å². The molecule has 0 aliphatic heterocycles. The quantitative estimate of drug-likeness (QED) is 0.651. The molecule has 104 valence electrons. The molecule has 1 aliphatic rings. The van der Waals surface area contributed by atoms with Crippen molar-refractivity contribution in [3.8, 4) is 0 Å². The Hall–Kier alpha value is -1.08. The van der Waals surface area contributed by atoms with Gasteiger partial charge in [-0.15, -0.1) is 0 Å². The van der Waals surface area contributed by atoms with Crippen molar-refractivity contribution < 1.29 is 0 Å². The second-order valence-electron chi connectivity index (χ2n) is 5.83. The Morgan fingerprint density at radius 2 is 1.60 bits per heavy atom. The second-order valence-corrected chi connectivity index (χ2v) is 6.82. The van der Waals surface area contributed by atoms with Gasteiger partial charge in [0.2, 0.25) is 0 Å². The molecule has 0 heterocycles. The number of fused-ring (bicyclic) bond motifs is 1. The maximum absolute atomic E-state index is 3.94. The number of benzene rings is 2. The van der Waals surface area contributed by atoms with Crippen LogP contribution in [0.15, 0.2) is 48.5 Å². The van der Waals surface area contributed by atoms with Gasteiger partial charge >= 0.3 is 0 Å². The van der Waals surface area contributed by atoms with E-state index in [0.29, 0.717) is 10.7 Å². The smallest absolute Gasteiger partial charge is 0.0429 e. The van der Waals surface area contributed by atoms with Gasteiger partial charge in [0.15, 0.2) is 0 Å². The van der Waals surface area contributed by atoms with Gasteiger partial charge in [-0.1, -0.05) is 77.8 Å². The van der Waals surface area contributed by atoms with Crippen molar-refractivity contribution in [1.82, 2.24) is 0 Å². The molecule has 1 unspecified atom stereocenters. The molecule has 0 spiro atoms. The van der Waals surface area contributed by atoms with E-state index < -0.39 is 0 Å². The number of rotatable bonds is 4. The first-order valence-electron chi connectivity index (χ1n) is 7.57. The Balaban J connectivity index is 1.72. The molecule has 20 heavy (non-hydrogen) atoms. The zero-order chi connectivity index (χ0) is 13.9. The summed E-state index contributed by atoms with van der Waals surface area (Å²) in [6.45, 7) is 2.23. The third kappa shape index (κ3) is 2.83. The van der Waals surface area contributed by atoms with Gasteiger partial charge in [0.1, 0.15) is 0 Å². The first-order chi connectivity index (χ1) is 9.78. The molecule has 0 aromatic heterocycles. The Kier molecular flexibility index (Phi) is 4.26. The van der Waals surface area contributed by atoms with Crippen molar-refractivity contribution in [1.29, 1.82) is 0 Å². The summed E-state index contributed by atoms with van der Waals surface area (Å²) in [5.74, 6) is 0.685. The molecule has 3 rings (SSSR count). The Morgan fingerprint density at radius 1 is 1.00 bits per heavy atom. The summed E-state index contributed by atoms with van der Waals surface area (Å²) in [6, 6.07) is 18.0. The molecule has 0 saturated heterocycles. The molecule has 1 atom stereocenters. The predicted molar refractivity (Wildman–Crippen MR) is 89.4 cm³/mol. The minimum atomic E-state index is 0.463. The summed E-state index contributed by atoms with van der Waals surface area (Å²) in [5.41, 5.74) is 5.93. The summed E-state index contributed by atoms with van der Waals surface area (Å²) < 4.78 is 0. The fourth-order valence-corrected chi connectivity index (χ4v) is 3.91. The van der Waals surface area contributed by atoms with E-state index in [1.165, 1.54) is 47.9 Å². The lowest BCUT2D eigenvalue weighted by molar-refractivity contribution is 0.554. The summed E-state index contributed by atoms with van der Waals surface area (Å²) in [4.78, 5) is 0.463. The monoisotopic (exact) mass is 328 g/mol. The number of hydrogen-bond donors (Lipinski definition) is 0. The summed E-state index contributed by atoms with van der Waals surface area (Å²) >= 11 is 3.94. The van der Waals surface area contributed by atoms with Crippen LogP contribution < -0.4 is 0 Å². The summed E-state index contributed by atoms with van der Waals surface area (Å²) in [5, 5.41) is 0. The average molecular weight is 329 g/mol. The molecule has 0 saturated carbocycles. The zero-order valence-corrected chi connectivity index (χ0v) is 13.6. The van der Waals surface area contributed by atoms with Gasteiger partial charge in [-0.3, -0.25) is 0 Å². The molecular weight excluding hydrogens is 308 g/mol. The lowest BCUT2D eigenvalue weighted by atomic mass is 9.95. The molecule has 0 amide bonds. The van der Waals surface area contributed by atoms with E-state index in [0.717, 1.165) is 0 Å². The van der Waals surface area contributed by atoms with Gasteiger partial charge in [0.25, 0.3) is 0 Å². The van der Waals surface area contributed by atoms with Crippen molar-refractivity contribution in [2.75, 3.05) is 0 Å². The molecule has 0 bridgehead atoms. The third-order valence-electron chi connectivity index (χ3n) is 4.33. The number of alkyl halides is 1. The molecule has 2 aromatic carbocycles. The molecule has 0 radical (unpaired) electrons. The van der Waals surface area contributed by atoms with Gasteiger partial charge in [0, 0.05) is 4.83 Å². The normalized spacial score (nSPS) is 16.1. The van der Waals surface area contributed by atoms with Crippen molar-refractivity contribution >= 4 is 15.9 Å². The van der Waals surface area contributed by atoms with Crippen molar-refractivity contribution in [3.63, 3.8) is 0 Å². The highest BCUT2D eigenvalue weighted by Crippen LogP contribution is 2.40. The van der Waals surface area contributed by atoms with Crippen LogP contribution in [0.4, 0.5) is 0 Å². The third-order valence-corrected chi connectivity index (χ3v) is 5.61. The van der Waals surface area contributed by atoms with Crippen LogP contribution >= 0.6 is 15.9 Å². The van der Waals surface area contributed by atoms with Gasteiger partial charge in [-0.25, -0.2) is 0 Å². The highest BCUT2D eigenvalue weighted by atomic mass is 79.9. The van der Waals surface area contributed by atoms with E-state index in [9.17, 15) is 0 Å². The highest BCUT2D eigenvalue weighted by Gasteiger charge is 2.27. The van der Waals surface area contributed by atoms with Crippen LogP contribution in [0.3, 0.4) is 0 Å². The lowest BCUT2D eigenvalue weighted by Gasteiger charge is -2.18. The molecule has 1 heteroatoms. The minimum absolute atomic E-state index is 0.463. The fourth-order valence-electron chi connectivity index (χ4n) is 3.23. The van der Waals surface area contributed by atoms with E-state index in [-0.39, 0.29) is 0 Å². The highest BCUT2D eigenvalue weighted by molar-refractivity contribution is 9.09. The molecule has 0 nitrogen and oxygen atoms in total. The number of hydrogen-bond acceptors (Lipinski definition) is 0. The summed E-state index contributed by atoms with van der Waals surface area (Å²) in [6.07, 6.45) is 4.79. The Labute approximate surface area is 130 Å². The number of halogens is 1. The van der Waals surface area contributed by atoms with Gasteiger partial charge in [-0.2, -0.15) is 0 Å². The van der Waals surface area contributed by atoms with Crippen LogP contribution in [-0.4, -0.2) is 0 Å². The van der Waals surface area contributed by atoms with E-state index in [1.807, 2.05) is 0 Å². The first kappa shape index (κ1) is 13.9. The fraction of sp³-hybridized carbons (Fsp3) is 0.368. The van der Waals surface area contributed by atoms with Crippen LogP contribution in [0.2, 0.25) is 0 Å². The molecule has 2 aromatic rings. The van der Waals surface area contributed by atoms with E-state index in [1.54, 1.807) is 0 Å². The van der Waals surface area contributed by atoms with E-state index in [2.05, 4.69) is 71.4 Å². The molecule has 0 N–H and O–H groups in total. The standard InChI is InChI=1S/C19H21Br/c1-2-5-14-8-10-15(11-9-14)19(20)18-12-16-6-3-4-7-17(16)13-18/h3-4,6-11,18-19H,2,5,12-13H2,1H3. The van der Waals surface area contributed by atoms with Gasteiger partial charge < -0.3 is 0 Å². The zero-order valence-electron chi connectivity index (χ0n) is 12.0. The molecular formula is C19H21Br. The van der Waals surface area contributed by atoms with E-state index >= 15 is 0 Å². The minimum Gasteiger partial charge on any atom is -0.0835 e. The molecule has 0 fully saturated rings. The van der Waals surface area contributed by atoms with Crippen molar-refractivity contribution in [3.05, 3.63) is 70.8 Å². The van der Waals surface area contributed by atoms with E-state index in [4.69, 9.17) is 0 Å². The lowest BCUT2D eigenvalue weighted by Crippen LogP contribution is -2.07. The number of aryl methyl sites for hydroxylation is 1. The Bertz CT molecular complexity index is 546. The van der Waals surface area contributed by atoms with Gasteiger partial charge in [-0.05, 0) is 47.4 Å².